The first-order chi connectivity index (χ1) is 13.0. The van der Waals surface area contributed by atoms with Gasteiger partial charge in [0.1, 0.15) is 12.4 Å². The lowest BCUT2D eigenvalue weighted by Crippen LogP contribution is -2.23. The molecule has 2 aromatic carbocycles. The van der Waals surface area contributed by atoms with Crippen molar-refractivity contribution in [3.05, 3.63) is 74.7 Å². The Morgan fingerprint density at radius 1 is 1.19 bits per heavy atom. The summed E-state index contributed by atoms with van der Waals surface area (Å²) < 4.78 is 5.70. The molecule has 7 nitrogen and oxygen atoms in total. The molecule has 0 radical (unpaired) electrons. The summed E-state index contributed by atoms with van der Waals surface area (Å²) in [4.78, 5) is 28.6. The zero-order valence-corrected chi connectivity index (χ0v) is 15.6. The number of amides is 1. The van der Waals surface area contributed by atoms with Crippen LogP contribution in [0.3, 0.4) is 0 Å². The number of nitro benzene ring substituents is 1. The van der Waals surface area contributed by atoms with Crippen LogP contribution >= 0.6 is 11.8 Å². The highest BCUT2D eigenvalue weighted by atomic mass is 32.2. The third-order valence-corrected chi connectivity index (χ3v) is 5.08. The van der Waals surface area contributed by atoms with Crippen LogP contribution in [0.5, 0.6) is 5.75 Å². The van der Waals surface area contributed by atoms with Crippen molar-refractivity contribution in [2.24, 2.45) is 4.99 Å². The molecule has 1 aliphatic heterocycles. The minimum atomic E-state index is -0.432. The average molecular weight is 383 g/mol. The molecule has 0 aliphatic carbocycles. The minimum Gasteiger partial charge on any atom is -0.489 e. The van der Waals surface area contributed by atoms with Gasteiger partial charge in [-0.15, -0.1) is 0 Å². The zero-order valence-electron chi connectivity index (χ0n) is 14.8. The van der Waals surface area contributed by atoms with Crippen molar-refractivity contribution in [1.29, 1.82) is 0 Å². The third kappa shape index (κ3) is 4.35. The molecule has 1 saturated heterocycles. The number of likely N-dealkylation sites (N-methyl/N-ethyl adjacent to an activating group) is 1. The number of nitrogens with zero attached hydrogens (tertiary/aromatic N) is 3. The number of hydrogen-bond donors (Lipinski definition) is 0. The number of amidine groups is 1. The standard InChI is InChI=1S/C19H17N3O4S/c1-20-19-21(2)18(23)17(27-19)11-13-5-9-16(10-6-13)26-12-14-3-7-15(8-4-14)22(24)25/h3-11H,12H2,1-2H3/b17-11+,20-19?. The smallest absolute Gasteiger partial charge is 0.269 e. The van der Waals surface area contributed by atoms with Gasteiger partial charge in [-0.05, 0) is 53.2 Å². The molecule has 0 unspecified atom stereocenters. The molecular formula is C19H17N3O4S. The van der Waals surface area contributed by atoms with Gasteiger partial charge in [0.15, 0.2) is 5.17 Å². The maximum absolute atomic E-state index is 12.2. The summed E-state index contributed by atoms with van der Waals surface area (Å²) in [7, 11) is 3.36. The van der Waals surface area contributed by atoms with Gasteiger partial charge in [-0.2, -0.15) is 0 Å². The second kappa shape index (κ2) is 8.05. The molecule has 1 fully saturated rings. The Bertz CT molecular complexity index is 921. The molecule has 8 heteroatoms. The molecule has 0 atom stereocenters. The van der Waals surface area contributed by atoms with Crippen molar-refractivity contribution >= 4 is 34.6 Å². The van der Waals surface area contributed by atoms with Crippen molar-refractivity contribution in [3.63, 3.8) is 0 Å². The number of non-ortho nitro benzene ring substituents is 1. The highest BCUT2D eigenvalue weighted by Crippen LogP contribution is 2.31. The van der Waals surface area contributed by atoms with Crippen LogP contribution in [0.1, 0.15) is 11.1 Å². The molecule has 1 heterocycles. The van der Waals surface area contributed by atoms with Gasteiger partial charge < -0.3 is 4.74 Å². The van der Waals surface area contributed by atoms with E-state index in [1.807, 2.05) is 30.3 Å². The molecule has 2 aromatic rings. The van der Waals surface area contributed by atoms with Crippen molar-refractivity contribution in [2.75, 3.05) is 14.1 Å². The molecule has 0 bridgehead atoms. The largest absolute Gasteiger partial charge is 0.489 e. The van der Waals surface area contributed by atoms with Crippen LogP contribution in [0, 0.1) is 10.1 Å². The minimum absolute atomic E-state index is 0.0531. The van der Waals surface area contributed by atoms with Gasteiger partial charge in [0, 0.05) is 26.2 Å². The summed E-state index contributed by atoms with van der Waals surface area (Å²) >= 11 is 1.34. The number of thioether (sulfide) groups is 1. The maximum atomic E-state index is 12.2. The Hall–Kier alpha value is -3.13. The van der Waals surface area contributed by atoms with Gasteiger partial charge in [0.2, 0.25) is 0 Å². The molecule has 0 N–H and O–H groups in total. The molecule has 1 amide bonds. The lowest BCUT2D eigenvalue weighted by molar-refractivity contribution is -0.384. The van der Waals surface area contributed by atoms with Crippen LogP contribution in [0.4, 0.5) is 5.69 Å². The summed E-state index contributed by atoms with van der Waals surface area (Å²) in [5.74, 6) is 0.605. The lowest BCUT2D eigenvalue weighted by Gasteiger charge is -2.07. The quantitative estimate of drug-likeness (QED) is 0.446. The number of rotatable bonds is 5. The number of carbonyl (C=O) groups excluding carboxylic acids is 1. The van der Waals surface area contributed by atoms with Crippen LogP contribution in [0.15, 0.2) is 58.4 Å². The van der Waals surface area contributed by atoms with E-state index < -0.39 is 4.92 Å². The van der Waals surface area contributed by atoms with Crippen molar-refractivity contribution in [1.82, 2.24) is 4.90 Å². The molecule has 27 heavy (non-hydrogen) atoms. The predicted molar refractivity (Wildman–Crippen MR) is 106 cm³/mol. The van der Waals surface area contributed by atoms with E-state index >= 15 is 0 Å². The fourth-order valence-electron chi connectivity index (χ4n) is 2.44. The van der Waals surface area contributed by atoms with Crippen LogP contribution in [-0.2, 0) is 11.4 Å². The summed E-state index contributed by atoms with van der Waals surface area (Å²) in [5.41, 5.74) is 1.78. The first-order valence-corrected chi connectivity index (χ1v) is 8.90. The molecule has 1 aliphatic rings. The predicted octanol–water partition coefficient (Wildman–Crippen LogP) is 3.71. The van der Waals surface area contributed by atoms with Gasteiger partial charge in [0.25, 0.3) is 11.6 Å². The summed E-state index contributed by atoms with van der Waals surface area (Å²) in [6.07, 6.45) is 1.82. The average Bonchev–Trinajstić information content (AvgIpc) is 2.95. The maximum Gasteiger partial charge on any atom is 0.269 e. The van der Waals surface area contributed by atoms with E-state index in [4.69, 9.17) is 4.74 Å². The van der Waals surface area contributed by atoms with Crippen LogP contribution in [0.2, 0.25) is 0 Å². The highest BCUT2D eigenvalue weighted by Gasteiger charge is 2.29. The first kappa shape index (κ1) is 18.7. The van der Waals surface area contributed by atoms with Crippen molar-refractivity contribution in [3.8, 4) is 5.75 Å². The Labute approximate surface area is 160 Å². The fourth-order valence-corrected chi connectivity index (χ4v) is 3.37. The second-order valence-electron chi connectivity index (χ2n) is 5.76. The molecule has 138 valence electrons. The normalized spacial score (nSPS) is 17.0. The van der Waals surface area contributed by atoms with Gasteiger partial charge in [-0.1, -0.05) is 12.1 Å². The van der Waals surface area contributed by atoms with E-state index in [1.165, 1.54) is 28.8 Å². The highest BCUT2D eigenvalue weighted by molar-refractivity contribution is 8.18. The summed E-state index contributed by atoms with van der Waals surface area (Å²) in [6.45, 7) is 0.313. The van der Waals surface area contributed by atoms with E-state index in [-0.39, 0.29) is 11.6 Å². The van der Waals surface area contributed by atoms with Gasteiger partial charge in [-0.3, -0.25) is 24.8 Å². The lowest BCUT2D eigenvalue weighted by atomic mass is 10.2. The number of aliphatic imine (C=N–C) groups is 1. The van der Waals surface area contributed by atoms with Crippen LogP contribution in [-0.4, -0.2) is 35.0 Å². The van der Waals surface area contributed by atoms with Gasteiger partial charge in [-0.25, -0.2) is 0 Å². The van der Waals surface area contributed by atoms with Crippen LogP contribution in [0.25, 0.3) is 6.08 Å². The summed E-state index contributed by atoms with van der Waals surface area (Å²) in [6, 6.07) is 13.6. The van der Waals surface area contributed by atoms with E-state index in [1.54, 1.807) is 26.2 Å². The Kier molecular flexibility index (Phi) is 5.56. The number of benzene rings is 2. The van der Waals surface area contributed by atoms with E-state index in [2.05, 4.69) is 4.99 Å². The topological polar surface area (TPSA) is 85.0 Å². The second-order valence-corrected chi connectivity index (χ2v) is 6.77. The Morgan fingerprint density at radius 2 is 1.85 bits per heavy atom. The number of carbonyl (C=O) groups is 1. The fraction of sp³-hybridized carbons (Fsp3) is 0.158. The first-order valence-electron chi connectivity index (χ1n) is 8.08. The third-order valence-electron chi connectivity index (χ3n) is 3.93. The van der Waals surface area contributed by atoms with Crippen molar-refractivity contribution < 1.29 is 14.5 Å². The monoisotopic (exact) mass is 383 g/mol. The molecule has 0 aromatic heterocycles. The van der Waals surface area contributed by atoms with E-state index in [9.17, 15) is 14.9 Å². The van der Waals surface area contributed by atoms with E-state index in [0.29, 0.717) is 22.4 Å². The summed E-state index contributed by atoms with van der Waals surface area (Å²) in [5, 5.41) is 11.3. The molecule has 0 saturated carbocycles. The van der Waals surface area contributed by atoms with Crippen molar-refractivity contribution in [2.45, 2.75) is 6.61 Å². The van der Waals surface area contributed by atoms with E-state index in [0.717, 1.165) is 11.1 Å². The van der Waals surface area contributed by atoms with Crippen LogP contribution < -0.4 is 4.74 Å². The number of ether oxygens (including phenoxy) is 1. The molecular weight excluding hydrogens is 366 g/mol. The number of nitro groups is 1. The van der Waals surface area contributed by atoms with Gasteiger partial charge >= 0.3 is 0 Å². The molecule has 3 rings (SSSR count). The number of hydrogen-bond acceptors (Lipinski definition) is 6. The SMILES string of the molecule is CN=C1S/C(=C/c2ccc(OCc3ccc([N+](=O)[O-])cc3)cc2)C(=O)N1C. The van der Waals surface area contributed by atoms with Gasteiger partial charge in [0.05, 0.1) is 9.83 Å². The Morgan fingerprint density at radius 3 is 2.41 bits per heavy atom. The zero-order chi connectivity index (χ0) is 19.4. The molecule has 0 spiro atoms. The Balaban J connectivity index is 1.63.